The van der Waals surface area contributed by atoms with Crippen LogP contribution in [0.15, 0.2) is 58.3 Å². The van der Waals surface area contributed by atoms with Crippen molar-refractivity contribution in [3.8, 4) is 0 Å². The molecule has 3 rings (SSSR count). The number of piperidine rings is 1. The maximum Gasteiger partial charge on any atom is 0.245 e. The van der Waals surface area contributed by atoms with E-state index in [1.807, 2.05) is 0 Å². The van der Waals surface area contributed by atoms with E-state index in [1.165, 1.54) is 12.2 Å². The van der Waals surface area contributed by atoms with Crippen molar-refractivity contribution in [2.24, 2.45) is 11.8 Å². The molecule has 2 fully saturated rings. The summed E-state index contributed by atoms with van der Waals surface area (Å²) in [6.45, 7) is 5.62. The van der Waals surface area contributed by atoms with Crippen molar-refractivity contribution in [2.45, 2.75) is 24.9 Å². The van der Waals surface area contributed by atoms with E-state index in [-0.39, 0.29) is 17.0 Å². The summed E-state index contributed by atoms with van der Waals surface area (Å²) >= 11 is 15.0. The van der Waals surface area contributed by atoms with E-state index in [9.17, 15) is 9.59 Å². The van der Waals surface area contributed by atoms with Crippen molar-refractivity contribution in [1.82, 2.24) is 10.6 Å². The fourth-order valence-electron chi connectivity index (χ4n) is 4.10. The van der Waals surface area contributed by atoms with E-state index in [0.717, 1.165) is 0 Å². The normalized spacial score (nSPS) is 29.2. The molecule has 0 unspecified atom stereocenters. The van der Waals surface area contributed by atoms with Gasteiger partial charge in [-0.25, -0.2) is 4.39 Å². The lowest BCUT2D eigenvalue weighted by Crippen LogP contribution is -2.54. The maximum atomic E-state index is 15.5. The number of carbonyl (C=O) groups excluding carboxylic acids is 2. The van der Waals surface area contributed by atoms with Crippen LogP contribution in [0.5, 0.6) is 0 Å². The Morgan fingerprint density at radius 2 is 2.17 bits per heavy atom. The number of hydrogen-bond acceptors (Lipinski definition) is 3. The van der Waals surface area contributed by atoms with E-state index >= 15 is 4.39 Å². The van der Waals surface area contributed by atoms with Gasteiger partial charge in [0.2, 0.25) is 11.8 Å². The number of halogens is 4. The van der Waals surface area contributed by atoms with E-state index in [1.54, 1.807) is 31.2 Å². The fraction of sp³-hybridized carbons (Fsp3) is 0.333. The number of amides is 2. The lowest BCUT2D eigenvalue weighted by molar-refractivity contribution is -0.128. The van der Waals surface area contributed by atoms with Crippen LogP contribution in [-0.4, -0.2) is 29.9 Å². The third-order valence-corrected chi connectivity index (χ3v) is 6.18. The van der Waals surface area contributed by atoms with Gasteiger partial charge in [0.15, 0.2) is 0 Å². The van der Waals surface area contributed by atoms with Gasteiger partial charge < -0.3 is 10.6 Å². The van der Waals surface area contributed by atoms with Crippen LogP contribution in [0.25, 0.3) is 0 Å². The van der Waals surface area contributed by atoms with Gasteiger partial charge >= 0.3 is 0 Å². The second-order valence-corrected chi connectivity index (χ2v) is 9.34. The predicted octanol–water partition coefficient (Wildman–Crippen LogP) is 4.65. The molecule has 1 aromatic carbocycles. The first kappa shape index (κ1) is 23.0. The van der Waals surface area contributed by atoms with E-state index in [4.69, 9.17) is 23.2 Å². The molecule has 1 aromatic rings. The summed E-state index contributed by atoms with van der Waals surface area (Å²) in [7, 11) is 0. The molecule has 0 bridgehead atoms. The van der Waals surface area contributed by atoms with Crippen LogP contribution in [0.4, 0.5) is 10.1 Å². The Labute approximate surface area is 192 Å². The largest absolute Gasteiger partial charge is 0.356 e. The molecule has 0 radical (unpaired) electrons. The van der Waals surface area contributed by atoms with Gasteiger partial charge in [-0.15, -0.1) is 0 Å². The first-order chi connectivity index (χ1) is 14.1. The van der Waals surface area contributed by atoms with E-state index < -0.39 is 29.1 Å². The Kier molecular flexibility index (Phi) is 7.07. The molecule has 3 N–H and O–H groups in total. The Morgan fingerprint density at radius 3 is 2.83 bits per heavy atom. The number of allylic oxidation sites excluding steroid dienone is 4. The number of benzene rings is 1. The van der Waals surface area contributed by atoms with Gasteiger partial charge in [-0.1, -0.05) is 51.8 Å². The molecule has 2 amide bonds. The summed E-state index contributed by atoms with van der Waals surface area (Å²) in [5, 5.41) is 9.45. The van der Waals surface area contributed by atoms with Crippen molar-refractivity contribution in [3.63, 3.8) is 0 Å². The van der Waals surface area contributed by atoms with Gasteiger partial charge in [-0.05, 0) is 43.7 Å². The van der Waals surface area contributed by atoms with Gasteiger partial charge in [0.25, 0.3) is 0 Å². The molecule has 2 aliphatic heterocycles. The summed E-state index contributed by atoms with van der Waals surface area (Å²) in [6, 6.07) is 6.35. The number of hydrogen-bond donors (Lipinski definition) is 3. The van der Waals surface area contributed by atoms with Crippen molar-refractivity contribution in [3.05, 3.63) is 63.4 Å². The Balaban J connectivity index is 1.99. The van der Waals surface area contributed by atoms with Crippen LogP contribution < -0.4 is 16.0 Å². The lowest BCUT2D eigenvalue weighted by Gasteiger charge is -2.31. The molecule has 0 aliphatic carbocycles. The van der Waals surface area contributed by atoms with E-state index in [0.29, 0.717) is 28.2 Å². The van der Waals surface area contributed by atoms with E-state index in [2.05, 4.69) is 38.5 Å². The minimum absolute atomic E-state index is 0.213. The third kappa shape index (κ3) is 4.80. The molecule has 5 nitrogen and oxygen atoms in total. The summed E-state index contributed by atoms with van der Waals surface area (Å²) in [4.78, 5) is 25.9. The summed E-state index contributed by atoms with van der Waals surface area (Å²) in [6.07, 6.45) is 3.25. The smallest absolute Gasteiger partial charge is 0.245 e. The molecule has 160 valence electrons. The Bertz CT molecular complexity index is 952. The highest BCUT2D eigenvalue weighted by Crippen LogP contribution is 2.44. The van der Waals surface area contributed by atoms with Gasteiger partial charge in [0.1, 0.15) is 11.4 Å². The summed E-state index contributed by atoms with van der Waals surface area (Å²) in [5.41, 5.74) is -0.886. The zero-order chi connectivity index (χ0) is 22.1. The first-order valence-electron chi connectivity index (χ1n) is 9.33. The van der Waals surface area contributed by atoms with Crippen molar-refractivity contribution in [2.75, 3.05) is 11.9 Å². The van der Waals surface area contributed by atoms with Crippen LogP contribution in [-0.2, 0) is 9.59 Å². The minimum Gasteiger partial charge on any atom is -0.356 e. The highest BCUT2D eigenvalue weighted by Gasteiger charge is 2.59. The average Bonchev–Trinajstić information content (AvgIpc) is 2.95. The molecular formula is C21H21BrCl2FN3O2. The van der Waals surface area contributed by atoms with Gasteiger partial charge in [-0.3, -0.25) is 14.9 Å². The van der Waals surface area contributed by atoms with Crippen LogP contribution in [0.2, 0.25) is 5.02 Å². The molecule has 0 aromatic heterocycles. The Hall–Kier alpha value is -1.67. The maximum absolute atomic E-state index is 15.5. The number of rotatable bonds is 5. The van der Waals surface area contributed by atoms with Crippen LogP contribution in [0.1, 0.15) is 13.3 Å². The van der Waals surface area contributed by atoms with Crippen LogP contribution in [0, 0.1) is 11.8 Å². The van der Waals surface area contributed by atoms with Crippen molar-refractivity contribution in [1.29, 1.82) is 0 Å². The molecule has 9 heteroatoms. The van der Waals surface area contributed by atoms with Gasteiger partial charge in [0, 0.05) is 32.8 Å². The highest BCUT2D eigenvalue weighted by molar-refractivity contribution is 9.11. The lowest BCUT2D eigenvalue weighted by atomic mass is 9.76. The minimum atomic E-state index is -1.37. The SMILES string of the molecule is C=C(Cl)/C=C(Br)\C=C(/F)[C@H]1[C@@H]2C(=O)NCC[C@@H]2N[C@@]1(C)C(=O)Nc1cccc(Cl)c1. The zero-order valence-electron chi connectivity index (χ0n) is 16.1. The molecule has 2 aliphatic rings. The fourth-order valence-corrected chi connectivity index (χ4v) is 5.04. The molecule has 0 spiro atoms. The number of anilines is 1. The van der Waals surface area contributed by atoms with Crippen molar-refractivity contribution >= 4 is 56.6 Å². The number of nitrogens with one attached hydrogen (secondary N) is 3. The molecule has 4 atom stereocenters. The molecule has 2 heterocycles. The summed E-state index contributed by atoms with van der Waals surface area (Å²) < 4.78 is 15.9. The van der Waals surface area contributed by atoms with Crippen molar-refractivity contribution < 1.29 is 14.0 Å². The second-order valence-electron chi connectivity index (χ2n) is 7.51. The Morgan fingerprint density at radius 1 is 1.43 bits per heavy atom. The topological polar surface area (TPSA) is 70.2 Å². The van der Waals surface area contributed by atoms with Gasteiger partial charge in [-0.2, -0.15) is 0 Å². The average molecular weight is 517 g/mol. The van der Waals surface area contributed by atoms with Crippen LogP contribution in [0.3, 0.4) is 0 Å². The molecule has 30 heavy (non-hydrogen) atoms. The summed E-state index contributed by atoms with van der Waals surface area (Å²) in [5.74, 6) is -3.11. The molecule has 0 saturated carbocycles. The molecular weight excluding hydrogens is 496 g/mol. The second kappa shape index (κ2) is 9.22. The highest BCUT2D eigenvalue weighted by atomic mass is 79.9. The molecule has 2 saturated heterocycles. The zero-order valence-corrected chi connectivity index (χ0v) is 19.2. The number of fused-ring (bicyclic) bond motifs is 1. The third-order valence-electron chi connectivity index (χ3n) is 5.38. The van der Waals surface area contributed by atoms with Crippen LogP contribution >= 0.6 is 39.1 Å². The monoisotopic (exact) mass is 515 g/mol. The number of carbonyl (C=O) groups is 2. The quantitative estimate of drug-likeness (QED) is 0.499. The standard InChI is InChI=1S/C21H21BrCl2FN3O2/c1-11(23)8-12(22)9-15(25)18-17-16(6-7-26-19(17)29)28-21(18,2)20(30)27-14-5-3-4-13(24)10-14/h3-5,8-10,16-18,28H,1,6-7H2,2H3,(H,26,29)(H,27,30)/b12-8+,15-9-/t16-,17+,18-,21+/m0/s1. The first-order valence-corrected chi connectivity index (χ1v) is 10.9. The van der Waals surface area contributed by atoms with Gasteiger partial charge in [0.05, 0.1) is 11.8 Å². The predicted molar refractivity (Wildman–Crippen MR) is 121 cm³/mol.